The van der Waals surface area contributed by atoms with Crippen LogP contribution in [0.15, 0.2) is 42.5 Å². The van der Waals surface area contributed by atoms with E-state index in [0.29, 0.717) is 16.7 Å². The normalized spacial score (nSPS) is 15.6. The molecule has 1 aliphatic heterocycles. The summed E-state index contributed by atoms with van der Waals surface area (Å²) in [6.07, 6.45) is 1.99. The van der Waals surface area contributed by atoms with Crippen molar-refractivity contribution in [2.45, 2.75) is 32.2 Å². The zero-order chi connectivity index (χ0) is 20.1. The van der Waals surface area contributed by atoms with Gasteiger partial charge in [0.05, 0.1) is 26.2 Å². The molecular formula is C21H23ClN2O3S. The highest BCUT2D eigenvalue weighted by Gasteiger charge is 2.33. The van der Waals surface area contributed by atoms with Crippen LogP contribution >= 0.6 is 23.8 Å². The van der Waals surface area contributed by atoms with Crippen molar-refractivity contribution in [2.24, 2.45) is 0 Å². The number of hydrogen-bond donors (Lipinski definition) is 1. The Morgan fingerprint density at radius 1 is 1.25 bits per heavy atom. The van der Waals surface area contributed by atoms with Crippen LogP contribution in [0.4, 0.5) is 11.4 Å². The minimum Gasteiger partial charge on any atom is -0.497 e. The molecule has 0 fully saturated rings. The number of anilines is 2. The van der Waals surface area contributed by atoms with E-state index < -0.39 is 0 Å². The highest BCUT2D eigenvalue weighted by molar-refractivity contribution is 7.80. The molecule has 0 spiro atoms. The second-order valence-electron chi connectivity index (χ2n) is 6.52. The number of hydrogen-bond acceptors (Lipinski definition) is 4. The van der Waals surface area contributed by atoms with Gasteiger partial charge in [0, 0.05) is 22.0 Å². The van der Waals surface area contributed by atoms with Crippen molar-refractivity contribution in [3.05, 3.63) is 53.1 Å². The van der Waals surface area contributed by atoms with E-state index >= 15 is 0 Å². The van der Waals surface area contributed by atoms with Crippen LogP contribution in [0.5, 0.6) is 5.75 Å². The van der Waals surface area contributed by atoms with Crippen molar-refractivity contribution >= 4 is 46.3 Å². The van der Waals surface area contributed by atoms with E-state index in [-0.39, 0.29) is 18.4 Å². The molecular weight excluding hydrogens is 396 g/mol. The van der Waals surface area contributed by atoms with Gasteiger partial charge in [0.2, 0.25) is 0 Å². The summed E-state index contributed by atoms with van der Waals surface area (Å²) in [7, 11) is 1.62. The fourth-order valence-electron chi connectivity index (χ4n) is 3.17. The van der Waals surface area contributed by atoms with E-state index in [0.717, 1.165) is 35.5 Å². The van der Waals surface area contributed by atoms with Crippen LogP contribution in [0.3, 0.4) is 0 Å². The van der Waals surface area contributed by atoms with Crippen molar-refractivity contribution in [3.63, 3.8) is 0 Å². The molecule has 2 aromatic rings. The minimum atomic E-state index is -0.315. The van der Waals surface area contributed by atoms with Crippen molar-refractivity contribution < 1.29 is 14.3 Å². The van der Waals surface area contributed by atoms with E-state index in [4.69, 9.17) is 33.3 Å². The van der Waals surface area contributed by atoms with Crippen LogP contribution in [0.2, 0.25) is 5.02 Å². The molecule has 1 unspecified atom stereocenters. The van der Waals surface area contributed by atoms with Crippen LogP contribution < -0.4 is 15.0 Å². The summed E-state index contributed by atoms with van der Waals surface area (Å²) in [6.45, 7) is 2.48. The molecule has 28 heavy (non-hydrogen) atoms. The molecule has 0 amide bonds. The molecule has 1 aliphatic rings. The van der Waals surface area contributed by atoms with Gasteiger partial charge in [0.1, 0.15) is 5.75 Å². The molecule has 0 bridgehead atoms. The molecule has 1 heterocycles. The first kappa shape index (κ1) is 20.4. The molecule has 2 aromatic carbocycles. The quantitative estimate of drug-likeness (QED) is 0.372. The molecule has 1 atom stereocenters. The third-order valence-corrected chi connectivity index (χ3v) is 5.15. The number of methoxy groups -OCH3 is 1. The minimum absolute atomic E-state index is 0.172. The number of fused-ring (bicyclic) bond motifs is 1. The molecule has 0 aromatic heterocycles. The van der Waals surface area contributed by atoms with Crippen LogP contribution in [0, 0.1) is 0 Å². The van der Waals surface area contributed by atoms with Crippen LogP contribution in [-0.4, -0.2) is 24.8 Å². The fraction of sp³-hybridized carbons (Fsp3) is 0.333. The number of ether oxygens (including phenoxy) is 2. The number of thiocarbonyl (C=S) groups is 1. The Bertz CT molecular complexity index is 857. The lowest BCUT2D eigenvalue weighted by Gasteiger charge is -2.39. The highest BCUT2D eigenvalue weighted by Crippen LogP contribution is 2.40. The molecule has 0 saturated heterocycles. The number of carbonyl (C=O) groups excluding carboxylic acids is 1. The Balaban J connectivity index is 1.95. The lowest BCUT2D eigenvalue weighted by molar-refractivity contribution is -0.144. The number of unbranched alkanes of at least 4 members (excludes halogenated alkanes) is 1. The van der Waals surface area contributed by atoms with Crippen LogP contribution in [0.25, 0.3) is 0 Å². The summed E-state index contributed by atoms with van der Waals surface area (Å²) in [6, 6.07) is 12.8. The second kappa shape index (κ2) is 9.26. The van der Waals surface area contributed by atoms with Gasteiger partial charge in [-0.25, -0.2) is 0 Å². The predicted molar refractivity (Wildman–Crippen MR) is 116 cm³/mol. The summed E-state index contributed by atoms with van der Waals surface area (Å²) < 4.78 is 10.6. The summed E-state index contributed by atoms with van der Waals surface area (Å²) >= 11 is 11.9. The zero-order valence-corrected chi connectivity index (χ0v) is 17.5. The number of nitrogens with zero attached hydrogens (tertiary/aromatic N) is 1. The second-order valence-corrected chi connectivity index (χ2v) is 7.35. The molecule has 148 valence electrons. The van der Waals surface area contributed by atoms with Gasteiger partial charge in [-0.2, -0.15) is 0 Å². The summed E-state index contributed by atoms with van der Waals surface area (Å²) in [5.41, 5.74) is 2.62. The van der Waals surface area contributed by atoms with Crippen molar-refractivity contribution in [3.8, 4) is 5.75 Å². The zero-order valence-electron chi connectivity index (χ0n) is 15.9. The number of halogens is 1. The monoisotopic (exact) mass is 418 g/mol. The van der Waals surface area contributed by atoms with Crippen LogP contribution in [-0.2, 0) is 9.53 Å². The molecule has 3 rings (SSSR count). The Labute approximate surface area is 175 Å². The number of carbonyl (C=O) groups is 1. The average molecular weight is 419 g/mol. The molecule has 7 heteroatoms. The topological polar surface area (TPSA) is 50.8 Å². The van der Waals surface area contributed by atoms with E-state index in [1.807, 2.05) is 41.3 Å². The van der Waals surface area contributed by atoms with Gasteiger partial charge in [-0.15, -0.1) is 0 Å². The third kappa shape index (κ3) is 4.56. The largest absolute Gasteiger partial charge is 0.497 e. The standard InChI is InChI=1S/C21H23ClN2O3S/c1-3-4-11-27-20(25)13-19-17-12-14(22)5-10-18(17)23-21(28)24(19)15-6-8-16(26-2)9-7-15/h5-10,12,19H,3-4,11,13H2,1-2H3,(H,23,28). The summed E-state index contributed by atoms with van der Waals surface area (Å²) in [5, 5.41) is 4.36. The highest BCUT2D eigenvalue weighted by atomic mass is 35.5. The lowest BCUT2D eigenvalue weighted by Crippen LogP contribution is -2.43. The van der Waals surface area contributed by atoms with Gasteiger partial charge >= 0.3 is 5.97 Å². The smallest absolute Gasteiger partial charge is 0.308 e. The predicted octanol–water partition coefficient (Wildman–Crippen LogP) is 5.34. The van der Waals surface area contributed by atoms with E-state index in [2.05, 4.69) is 12.2 Å². The SMILES string of the molecule is CCCCOC(=O)CC1c2cc(Cl)ccc2NC(=S)N1c1ccc(OC)cc1. The fourth-order valence-corrected chi connectivity index (χ4v) is 3.69. The van der Waals surface area contributed by atoms with Crippen molar-refractivity contribution in [1.82, 2.24) is 0 Å². The van der Waals surface area contributed by atoms with E-state index in [9.17, 15) is 4.79 Å². The van der Waals surface area contributed by atoms with Crippen LogP contribution in [0.1, 0.15) is 37.8 Å². The first-order chi connectivity index (χ1) is 13.5. The first-order valence-corrected chi connectivity index (χ1v) is 10.0. The van der Waals surface area contributed by atoms with Gasteiger partial charge in [-0.05, 0) is 61.1 Å². The van der Waals surface area contributed by atoms with Gasteiger partial charge in [-0.3, -0.25) is 4.79 Å². The van der Waals surface area contributed by atoms with Crippen molar-refractivity contribution in [2.75, 3.05) is 23.9 Å². The number of rotatable bonds is 7. The number of benzene rings is 2. The molecule has 0 radical (unpaired) electrons. The average Bonchev–Trinajstić information content (AvgIpc) is 2.69. The maximum absolute atomic E-state index is 12.5. The van der Waals surface area contributed by atoms with E-state index in [1.165, 1.54) is 0 Å². The van der Waals surface area contributed by atoms with Gasteiger partial charge < -0.3 is 19.7 Å². The van der Waals surface area contributed by atoms with Gasteiger partial charge in [0.15, 0.2) is 5.11 Å². The maximum Gasteiger partial charge on any atom is 0.308 e. The van der Waals surface area contributed by atoms with Crippen molar-refractivity contribution in [1.29, 1.82) is 0 Å². The summed E-state index contributed by atoms with van der Waals surface area (Å²) in [4.78, 5) is 14.4. The Hall–Kier alpha value is -2.31. The van der Waals surface area contributed by atoms with E-state index in [1.54, 1.807) is 13.2 Å². The lowest BCUT2D eigenvalue weighted by atomic mass is 9.97. The van der Waals surface area contributed by atoms with Gasteiger partial charge in [0.25, 0.3) is 0 Å². The molecule has 5 nitrogen and oxygen atoms in total. The molecule has 0 saturated carbocycles. The maximum atomic E-state index is 12.5. The number of nitrogens with one attached hydrogen (secondary N) is 1. The van der Waals surface area contributed by atoms with Gasteiger partial charge in [-0.1, -0.05) is 24.9 Å². The number of esters is 1. The Kier molecular flexibility index (Phi) is 6.75. The Morgan fingerprint density at radius 3 is 2.68 bits per heavy atom. The first-order valence-electron chi connectivity index (χ1n) is 9.22. The summed E-state index contributed by atoms with van der Waals surface area (Å²) in [5.74, 6) is 0.492. The Morgan fingerprint density at radius 2 is 2.00 bits per heavy atom. The molecule has 1 N–H and O–H groups in total. The molecule has 0 aliphatic carbocycles. The third-order valence-electron chi connectivity index (χ3n) is 4.62.